The van der Waals surface area contributed by atoms with Crippen molar-refractivity contribution in [2.24, 2.45) is 5.73 Å². The maximum absolute atomic E-state index is 14.3. The molecule has 0 radical (unpaired) electrons. The highest BCUT2D eigenvalue weighted by Gasteiger charge is 2.23. The molecule has 1 heterocycles. The van der Waals surface area contributed by atoms with E-state index in [0.29, 0.717) is 39.7 Å². The largest absolute Gasteiger partial charge is 0.340 e. The van der Waals surface area contributed by atoms with Crippen LogP contribution in [0.25, 0.3) is 33.2 Å². The van der Waals surface area contributed by atoms with Crippen LogP contribution in [0.15, 0.2) is 60.8 Å². The first kappa shape index (κ1) is 24.5. The van der Waals surface area contributed by atoms with Gasteiger partial charge in [-0.15, -0.1) is 0 Å². The molecule has 0 aliphatic carbocycles. The second-order valence-corrected chi connectivity index (χ2v) is 9.06. The predicted octanol–water partition coefficient (Wildman–Crippen LogP) is 6.27. The number of hydrogen-bond donors (Lipinski definition) is 1. The molecule has 4 rings (SSSR count). The van der Waals surface area contributed by atoms with Gasteiger partial charge in [-0.2, -0.15) is 0 Å². The Morgan fingerprint density at radius 2 is 1.80 bits per heavy atom. The zero-order chi connectivity index (χ0) is 25.3. The number of carbonyl (C=O) groups is 1. The molecule has 6 heteroatoms. The van der Waals surface area contributed by atoms with Crippen molar-refractivity contribution in [1.29, 1.82) is 0 Å². The maximum Gasteiger partial charge on any atom is 0.255 e. The Kier molecular flexibility index (Phi) is 6.94. The van der Waals surface area contributed by atoms with E-state index in [1.807, 2.05) is 37.3 Å². The summed E-state index contributed by atoms with van der Waals surface area (Å²) in [6.45, 7) is 5.88. The van der Waals surface area contributed by atoms with Crippen LogP contribution in [-0.2, 0) is 0 Å². The van der Waals surface area contributed by atoms with E-state index in [0.717, 1.165) is 23.1 Å². The third-order valence-corrected chi connectivity index (χ3v) is 6.39. The van der Waals surface area contributed by atoms with E-state index in [4.69, 9.17) is 5.73 Å². The zero-order valence-corrected chi connectivity index (χ0v) is 20.4. The van der Waals surface area contributed by atoms with Gasteiger partial charge in [0.05, 0.1) is 11.1 Å². The summed E-state index contributed by atoms with van der Waals surface area (Å²) in [6, 6.07) is 15.0. The normalized spacial score (nSPS) is 12.1. The number of benzene rings is 3. The first-order valence-electron chi connectivity index (χ1n) is 11.7. The molecular formula is C29H29F2N3O. The van der Waals surface area contributed by atoms with Crippen LogP contribution in [0.1, 0.15) is 34.8 Å². The molecule has 0 saturated heterocycles. The molecule has 0 spiro atoms. The SMILES string of the molecule is CC[C@H](N)CN(C)C(=O)c1c(-c2cc(C)cc(F)c2)cnc2ccc(-c3cccc(F)c3C)cc12. The van der Waals surface area contributed by atoms with Gasteiger partial charge in [0, 0.05) is 36.8 Å². The minimum atomic E-state index is -0.385. The van der Waals surface area contributed by atoms with Gasteiger partial charge in [-0.1, -0.05) is 31.2 Å². The molecule has 3 aromatic carbocycles. The summed E-state index contributed by atoms with van der Waals surface area (Å²) in [4.78, 5) is 20.0. The van der Waals surface area contributed by atoms with Gasteiger partial charge in [-0.3, -0.25) is 9.78 Å². The van der Waals surface area contributed by atoms with Gasteiger partial charge >= 0.3 is 0 Å². The fraction of sp³-hybridized carbons (Fsp3) is 0.241. The van der Waals surface area contributed by atoms with Crippen LogP contribution in [0.4, 0.5) is 8.78 Å². The number of aromatic nitrogens is 1. The molecule has 35 heavy (non-hydrogen) atoms. The van der Waals surface area contributed by atoms with E-state index < -0.39 is 0 Å². The second kappa shape index (κ2) is 9.92. The van der Waals surface area contributed by atoms with Crippen LogP contribution in [0, 0.1) is 25.5 Å². The summed E-state index contributed by atoms with van der Waals surface area (Å²) in [5.74, 6) is -0.912. The standard InChI is InChI=1S/C29H29F2N3O/c1-5-22(32)16-34(4)29(35)28-24-14-19(23-7-6-8-26(31)18(23)3)9-10-27(24)33-15-25(28)20-11-17(2)12-21(30)13-20/h6-15,22H,5,16,32H2,1-4H3/t22-/m0/s1. The zero-order valence-electron chi connectivity index (χ0n) is 20.4. The molecule has 0 unspecified atom stereocenters. The van der Waals surface area contributed by atoms with Gasteiger partial charge < -0.3 is 10.6 Å². The lowest BCUT2D eigenvalue weighted by atomic mass is 9.92. The van der Waals surface area contributed by atoms with Crippen LogP contribution in [0.2, 0.25) is 0 Å². The Bertz CT molecular complexity index is 1400. The van der Waals surface area contributed by atoms with Crippen LogP contribution in [-0.4, -0.2) is 35.4 Å². The Morgan fingerprint density at radius 3 is 2.51 bits per heavy atom. The molecule has 2 N–H and O–H groups in total. The molecule has 4 aromatic rings. The molecule has 0 bridgehead atoms. The first-order chi connectivity index (χ1) is 16.7. The number of likely N-dealkylation sites (N-methyl/N-ethyl adjacent to an activating group) is 1. The Labute approximate surface area is 204 Å². The summed E-state index contributed by atoms with van der Waals surface area (Å²) in [5.41, 5.74) is 11.0. The first-order valence-corrected chi connectivity index (χ1v) is 11.7. The second-order valence-electron chi connectivity index (χ2n) is 9.06. The number of aryl methyl sites for hydroxylation is 1. The molecular weight excluding hydrogens is 444 g/mol. The molecule has 0 saturated carbocycles. The van der Waals surface area contributed by atoms with Gasteiger partial charge in [-0.05, 0) is 78.4 Å². The van der Waals surface area contributed by atoms with Gasteiger partial charge in [0.15, 0.2) is 0 Å². The summed E-state index contributed by atoms with van der Waals surface area (Å²) >= 11 is 0. The van der Waals surface area contributed by atoms with E-state index >= 15 is 0 Å². The molecule has 1 aromatic heterocycles. The fourth-order valence-electron chi connectivity index (χ4n) is 4.38. The van der Waals surface area contributed by atoms with E-state index in [-0.39, 0.29) is 23.6 Å². The van der Waals surface area contributed by atoms with Gasteiger partial charge in [0.1, 0.15) is 11.6 Å². The Hall–Kier alpha value is -3.64. The Morgan fingerprint density at radius 1 is 1.03 bits per heavy atom. The minimum Gasteiger partial charge on any atom is -0.340 e. The summed E-state index contributed by atoms with van der Waals surface area (Å²) in [7, 11) is 1.71. The smallest absolute Gasteiger partial charge is 0.255 e. The Balaban J connectivity index is 1.99. The number of carbonyl (C=O) groups excluding carboxylic acids is 1. The highest BCUT2D eigenvalue weighted by Crippen LogP contribution is 2.34. The summed E-state index contributed by atoms with van der Waals surface area (Å²) in [5, 5.41) is 0.618. The highest BCUT2D eigenvalue weighted by molar-refractivity contribution is 6.12. The average molecular weight is 474 g/mol. The van der Waals surface area contributed by atoms with Gasteiger partial charge in [0.2, 0.25) is 0 Å². The number of fused-ring (bicyclic) bond motifs is 1. The van der Waals surface area contributed by atoms with Crippen molar-refractivity contribution >= 4 is 16.8 Å². The van der Waals surface area contributed by atoms with Crippen LogP contribution < -0.4 is 5.73 Å². The summed E-state index contributed by atoms with van der Waals surface area (Å²) < 4.78 is 28.6. The van der Waals surface area contributed by atoms with E-state index in [9.17, 15) is 13.6 Å². The number of hydrogen-bond acceptors (Lipinski definition) is 3. The maximum atomic E-state index is 14.3. The molecule has 180 valence electrons. The third-order valence-electron chi connectivity index (χ3n) is 6.39. The third kappa shape index (κ3) is 4.93. The lowest BCUT2D eigenvalue weighted by molar-refractivity contribution is 0.0788. The number of nitrogens with two attached hydrogens (primary N) is 1. The topological polar surface area (TPSA) is 59.2 Å². The number of amides is 1. The van der Waals surface area contributed by atoms with E-state index in [1.165, 1.54) is 18.2 Å². The average Bonchev–Trinajstić information content (AvgIpc) is 2.83. The van der Waals surface area contributed by atoms with Crippen molar-refractivity contribution in [2.45, 2.75) is 33.2 Å². The number of rotatable bonds is 6. The van der Waals surface area contributed by atoms with Gasteiger partial charge in [0.25, 0.3) is 5.91 Å². The van der Waals surface area contributed by atoms with Crippen molar-refractivity contribution in [1.82, 2.24) is 9.88 Å². The molecule has 0 aliphatic rings. The van der Waals surface area contributed by atoms with Crippen molar-refractivity contribution in [3.8, 4) is 22.3 Å². The molecule has 0 aliphatic heterocycles. The fourth-order valence-corrected chi connectivity index (χ4v) is 4.38. The number of halogens is 2. The van der Waals surface area contributed by atoms with Crippen molar-refractivity contribution < 1.29 is 13.6 Å². The number of nitrogens with zero attached hydrogens (tertiary/aromatic N) is 2. The minimum absolute atomic E-state index is 0.164. The molecule has 1 amide bonds. The van der Waals surface area contributed by atoms with E-state index in [2.05, 4.69) is 4.98 Å². The quantitative estimate of drug-likeness (QED) is 0.359. The van der Waals surface area contributed by atoms with Crippen LogP contribution in [0.3, 0.4) is 0 Å². The molecule has 1 atom stereocenters. The molecule has 0 fully saturated rings. The number of pyridine rings is 1. The van der Waals surface area contributed by atoms with Crippen molar-refractivity contribution in [2.75, 3.05) is 13.6 Å². The molecule has 4 nitrogen and oxygen atoms in total. The van der Waals surface area contributed by atoms with Gasteiger partial charge in [-0.25, -0.2) is 8.78 Å². The highest BCUT2D eigenvalue weighted by atomic mass is 19.1. The van der Waals surface area contributed by atoms with E-state index in [1.54, 1.807) is 38.1 Å². The van der Waals surface area contributed by atoms with Crippen LogP contribution in [0.5, 0.6) is 0 Å². The predicted molar refractivity (Wildman–Crippen MR) is 137 cm³/mol. The van der Waals surface area contributed by atoms with Crippen LogP contribution >= 0.6 is 0 Å². The monoisotopic (exact) mass is 473 g/mol. The lowest BCUT2D eigenvalue weighted by Crippen LogP contribution is -2.38. The lowest BCUT2D eigenvalue weighted by Gasteiger charge is -2.23. The van der Waals surface area contributed by atoms with Crippen molar-refractivity contribution in [3.63, 3.8) is 0 Å². The van der Waals surface area contributed by atoms with Crippen molar-refractivity contribution in [3.05, 3.63) is 89.1 Å². The summed E-state index contributed by atoms with van der Waals surface area (Å²) in [6.07, 6.45) is 2.35.